The van der Waals surface area contributed by atoms with Crippen LogP contribution in [0.15, 0.2) is 78.9 Å². The number of aromatic nitrogens is 1. The number of primary amides is 1. The predicted molar refractivity (Wildman–Crippen MR) is 154 cm³/mol. The number of para-hydroxylation sites is 1. The Morgan fingerprint density at radius 2 is 1.46 bits per heavy atom. The summed E-state index contributed by atoms with van der Waals surface area (Å²) in [6, 6.07) is 26.5. The Hall–Kier alpha value is -4.26. The molecule has 2 amide bonds. The average molecular weight is 523 g/mol. The van der Waals surface area contributed by atoms with E-state index in [1.807, 2.05) is 78.8 Å². The zero-order valence-corrected chi connectivity index (χ0v) is 22.6. The van der Waals surface area contributed by atoms with Crippen molar-refractivity contribution in [1.82, 2.24) is 9.47 Å². The van der Waals surface area contributed by atoms with Crippen molar-refractivity contribution in [3.8, 4) is 16.8 Å². The van der Waals surface area contributed by atoms with Crippen LogP contribution in [0.25, 0.3) is 27.7 Å². The number of anilines is 1. The van der Waals surface area contributed by atoms with Crippen LogP contribution in [0.2, 0.25) is 0 Å². The lowest BCUT2D eigenvalue weighted by Crippen LogP contribution is -2.57. The van der Waals surface area contributed by atoms with Gasteiger partial charge < -0.3 is 19.9 Å². The van der Waals surface area contributed by atoms with Gasteiger partial charge >= 0.3 is 6.09 Å². The van der Waals surface area contributed by atoms with E-state index in [0.29, 0.717) is 18.8 Å². The number of hydrogen-bond acceptors (Lipinski definition) is 4. The molecule has 2 aliphatic heterocycles. The van der Waals surface area contributed by atoms with Gasteiger partial charge in [0.2, 0.25) is 0 Å². The minimum absolute atomic E-state index is 0.0121. The summed E-state index contributed by atoms with van der Waals surface area (Å²) in [6.07, 6.45) is 1.55. The van der Waals surface area contributed by atoms with Crippen molar-refractivity contribution in [1.29, 1.82) is 0 Å². The fraction of sp³-hybridized carbons (Fsp3) is 0.312. The first-order chi connectivity index (χ1) is 18.7. The van der Waals surface area contributed by atoms with Crippen LogP contribution in [-0.2, 0) is 4.74 Å². The third-order valence-corrected chi connectivity index (χ3v) is 7.70. The van der Waals surface area contributed by atoms with E-state index in [1.165, 1.54) is 0 Å². The second-order valence-electron chi connectivity index (χ2n) is 11.5. The highest BCUT2D eigenvalue weighted by Gasteiger charge is 2.45. The molecule has 0 aliphatic carbocycles. The third-order valence-electron chi connectivity index (χ3n) is 7.70. The molecule has 1 aromatic heterocycles. The van der Waals surface area contributed by atoms with E-state index in [9.17, 15) is 9.59 Å². The van der Waals surface area contributed by atoms with Crippen molar-refractivity contribution in [3.63, 3.8) is 0 Å². The van der Waals surface area contributed by atoms with E-state index < -0.39 is 11.5 Å². The standard InChI is InChI=1S/C32H34N4O3/c1-32(2,3)39-31(38)35-24-15-16-25(35)20-34(19-24)28-26-17-14-22(21-10-6-4-7-11-21)18-27(26)36(29(28)30(33)37)23-12-8-5-9-13-23/h4-14,17-18,24-25H,15-16,19-20H2,1-3H3,(H2,33,37)/t24-,25-/m0/s1. The number of nitrogens with two attached hydrogens (primary N) is 1. The molecule has 0 saturated carbocycles. The summed E-state index contributed by atoms with van der Waals surface area (Å²) >= 11 is 0. The van der Waals surface area contributed by atoms with Crippen molar-refractivity contribution in [3.05, 3.63) is 84.6 Å². The van der Waals surface area contributed by atoms with Gasteiger partial charge in [0, 0.05) is 24.2 Å². The van der Waals surface area contributed by atoms with Gasteiger partial charge in [-0.25, -0.2) is 4.79 Å². The highest BCUT2D eigenvalue weighted by atomic mass is 16.6. The van der Waals surface area contributed by atoms with E-state index >= 15 is 0 Å². The fourth-order valence-corrected chi connectivity index (χ4v) is 6.17. The molecular formula is C32H34N4O3. The molecule has 7 nitrogen and oxygen atoms in total. The summed E-state index contributed by atoms with van der Waals surface area (Å²) in [5.74, 6) is -0.478. The molecule has 7 heteroatoms. The second-order valence-corrected chi connectivity index (χ2v) is 11.5. The van der Waals surface area contributed by atoms with Crippen LogP contribution in [0, 0.1) is 0 Å². The third kappa shape index (κ3) is 4.52. The van der Waals surface area contributed by atoms with Gasteiger partial charge in [-0.05, 0) is 62.9 Å². The molecule has 2 atom stereocenters. The van der Waals surface area contributed by atoms with Gasteiger partial charge in [0.05, 0.1) is 23.3 Å². The van der Waals surface area contributed by atoms with Gasteiger partial charge in [0.15, 0.2) is 0 Å². The fourth-order valence-electron chi connectivity index (χ4n) is 6.17. The van der Waals surface area contributed by atoms with Gasteiger partial charge in [0.25, 0.3) is 5.91 Å². The number of nitrogens with zero attached hydrogens (tertiary/aromatic N) is 3. The number of ether oxygens (including phenoxy) is 1. The maximum atomic E-state index is 13.2. The Kier molecular flexibility index (Phi) is 6.09. The molecule has 3 heterocycles. The van der Waals surface area contributed by atoms with Gasteiger partial charge in [-0.3, -0.25) is 9.69 Å². The van der Waals surface area contributed by atoms with E-state index in [4.69, 9.17) is 10.5 Å². The summed E-state index contributed by atoms with van der Waals surface area (Å²) in [5.41, 5.74) is 10.9. The van der Waals surface area contributed by atoms with Crippen LogP contribution in [0.5, 0.6) is 0 Å². The maximum Gasteiger partial charge on any atom is 0.410 e. The number of carbonyl (C=O) groups excluding carboxylic acids is 2. The van der Waals surface area contributed by atoms with Crippen LogP contribution in [0.1, 0.15) is 44.1 Å². The van der Waals surface area contributed by atoms with Crippen molar-refractivity contribution in [2.24, 2.45) is 5.73 Å². The number of rotatable bonds is 4. The minimum atomic E-state index is -0.549. The Bertz CT molecular complexity index is 1520. The lowest BCUT2D eigenvalue weighted by Gasteiger charge is -2.42. The average Bonchev–Trinajstić information content (AvgIpc) is 3.40. The van der Waals surface area contributed by atoms with Crippen LogP contribution in [0.3, 0.4) is 0 Å². The van der Waals surface area contributed by atoms with Crippen molar-refractivity contribution in [2.75, 3.05) is 18.0 Å². The Morgan fingerprint density at radius 1 is 0.846 bits per heavy atom. The zero-order valence-electron chi connectivity index (χ0n) is 22.6. The van der Waals surface area contributed by atoms with Crippen LogP contribution in [0.4, 0.5) is 10.5 Å². The maximum absolute atomic E-state index is 13.2. The number of amides is 2. The molecular weight excluding hydrogens is 488 g/mol. The molecule has 2 fully saturated rings. The number of piperazine rings is 1. The Morgan fingerprint density at radius 3 is 2.05 bits per heavy atom. The highest BCUT2D eigenvalue weighted by molar-refractivity contribution is 6.10. The molecule has 0 radical (unpaired) electrons. The summed E-state index contributed by atoms with van der Waals surface area (Å²) in [6.45, 7) is 6.91. The molecule has 2 saturated heterocycles. The first-order valence-corrected chi connectivity index (χ1v) is 13.6. The number of hydrogen-bond donors (Lipinski definition) is 1. The lowest BCUT2D eigenvalue weighted by molar-refractivity contribution is 0.0123. The topological polar surface area (TPSA) is 80.8 Å². The van der Waals surface area contributed by atoms with Crippen molar-refractivity contribution in [2.45, 2.75) is 51.3 Å². The monoisotopic (exact) mass is 522 g/mol. The molecule has 3 aromatic carbocycles. The van der Waals surface area contributed by atoms with Crippen LogP contribution in [-0.4, -0.2) is 52.2 Å². The molecule has 0 unspecified atom stereocenters. The van der Waals surface area contributed by atoms with Crippen molar-refractivity contribution < 1.29 is 14.3 Å². The Labute approximate surface area is 228 Å². The molecule has 39 heavy (non-hydrogen) atoms. The smallest absolute Gasteiger partial charge is 0.410 e. The normalized spacial score (nSPS) is 18.9. The van der Waals surface area contributed by atoms with Crippen LogP contribution >= 0.6 is 0 Å². The van der Waals surface area contributed by atoms with E-state index in [2.05, 4.69) is 35.2 Å². The van der Waals surface area contributed by atoms with Gasteiger partial charge in [-0.1, -0.05) is 60.7 Å². The van der Waals surface area contributed by atoms with Gasteiger partial charge in [-0.2, -0.15) is 0 Å². The number of carbonyl (C=O) groups is 2. The highest BCUT2D eigenvalue weighted by Crippen LogP contribution is 2.42. The van der Waals surface area contributed by atoms with Crippen molar-refractivity contribution >= 4 is 28.6 Å². The van der Waals surface area contributed by atoms with E-state index in [0.717, 1.165) is 46.2 Å². The van der Waals surface area contributed by atoms with Crippen LogP contribution < -0.4 is 10.6 Å². The number of fused-ring (bicyclic) bond motifs is 3. The molecule has 2 N–H and O–H groups in total. The predicted octanol–water partition coefficient (Wildman–Crippen LogP) is 5.98. The quantitative estimate of drug-likeness (QED) is 0.357. The lowest BCUT2D eigenvalue weighted by atomic mass is 10.0. The zero-order chi connectivity index (χ0) is 27.3. The molecule has 6 rings (SSSR count). The molecule has 4 aromatic rings. The SMILES string of the molecule is CC(C)(C)OC(=O)N1[C@H]2CC[C@H]1CN(c1c(C(N)=O)n(-c3ccccc3)c3cc(-c4ccccc4)ccc13)C2. The number of benzene rings is 3. The van der Waals surface area contributed by atoms with Gasteiger partial charge in [0.1, 0.15) is 11.3 Å². The molecule has 0 spiro atoms. The first-order valence-electron chi connectivity index (χ1n) is 13.6. The van der Waals surface area contributed by atoms with E-state index in [1.54, 1.807) is 0 Å². The molecule has 2 aliphatic rings. The second kappa shape index (κ2) is 9.49. The summed E-state index contributed by atoms with van der Waals surface area (Å²) < 4.78 is 7.73. The largest absolute Gasteiger partial charge is 0.444 e. The Balaban J connectivity index is 1.48. The summed E-state index contributed by atoms with van der Waals surface area (Å²) in [7, 11) is 0. The first kappa shape index (κ1) is 25.0. The summed E-state index contributed by atoms with van der Waals surface area (Å²) in [5, 5.41) is 0.970. The minimum Gasteiger partial charge on any atom is -0.444 e. The molecule has 200 valence electrons. The van der Waals surface area contributed by atoms with Gasteiger partial charge in [-0.15, -0.1) is 0 Å². The van der Waals surface area contributed by atoms with E-state index in [-0.39, 0.29) is 18.2 Å². The summed E-state index contributed by atoms with van der Waals surface area (Å²) in [4.78, 5) is 30.4. The molecule has 2 bridgehead atoms.